The van der Waals surface area contributed by atoms with Gasteiger partial charge in [0.1, 0.15) is 0 Å². The summed E-state index contributed by atoms with van der Waals surface area (Å²) in [4.78, 5) is 16.5. The first kappa shape index (κ1) is 20.9. The Morgan fingerprint density at radius 2 is 2.05 bits per heavy atom. The summed E-state index contributed by atoms with van der Waals surface area (Å²) < 4.78 is 2.02. The molecule has 0 atom stereocenters. The highest BCUT2D eigenvalue weighted by Crippen LogP contribution is 2.22. The van der Waals surface area contributed by atoms with Gasteiger partial charge in [0, 0.05) is 36.1 Å². The highest BCUT2D eigenvalue weighted by atomic mass is 35.5. The van der Waals surface area contributed by atoms with Crippen LogP contribution in [0.2, 0.25) is 0 Å². The number of amides is 1. The molecular weight excluding hydrogens is 343 g/mol. The number of carbonyl (C=O) groups excluding carboxylic acids is 1. The summed E-state index contributed by atoms with van der Waals surface area (Å²) in [6.45, 7) is 8.32. The summed E-state index contributed by atoms with van der Waals surface area (Å²) in [7, 11) is 0. The number of nitrogens with zero attached hydrogens (tertiary/aromatic N) is 2. The van der Waals surface area contributed by atoms with Crippen LogP contribution in [0, 0.1) is 13.8 Å². The predicted octanol–water partition coefficient (Wildman–Crippen LogP) is 2.73. The lowest BCUT2D eigenvalue weighted by Crippen LogP contribution is -2.31. The molecule has 0 bridgehead atoms. The summed E-state index contributed by atoms with van der Waals surface area (Å²) in [6.07, 6.45) is 1.77. The molecule has 0 spiro atoms. The molecule has 0 radical (unpaired) electrons. The first-order valence-electron chi connectivity index (χ1n) is 6.73. The van der Waals surface area contributed by atoms with E-state index in [2.05, 4.69) is 15.6 Å². The fraction of sp³-hybridized carbons (Fsp3) is 0.429. The number of hydrogen-bond donors (Lipinski definition) is 2. The molecule has 2 N–H and O–H groups in total. The van der Waals surface area contributed by atoms with Crippen molar-refractivity contribution in [2.24, 2.45) is 0 Å². The fourth-order valence-corrected chi connectivity index (χ4v) is 2.90. The van der Waals surface area contributed by atoms with Gasteiger partial charge in [-0.2, -0.15) is 0 Å². The van der Waals surface area contributed by atoms with E-state index in [-0.39, 0.29) is 30.7 Å². The van der Waals surface area contributed by atoms with Gasteiger partial charge in [0.2, 0.25) is 0 Å². The Hall–Kier alpha value is -1.08. The summed E-state index contributed by atoms with van der Waals surface area (Å²) in [5.41, 5.74) is 2.67. The summed E-state index contributed by atoms with van der Waals surface area (Å²) in [5, 5.41) is 8.94. The van der Waals surface area contributed by atoms with E-state index >= 15 is 0 Å². The third kappa shape index (κ3) is 4.71. The third-order valence-corrected chi connectivity index (χ3v) is 3.88. The molecule has 124 valence electrons. The van der Waals surface area contributed by atoms with Gasteiger partial charge in [0.15, 0.2) is 5.13 Å². The molecule has 0 aliphatic heterocycles. The Bertz CT molecular complexity index is 584. The molecule has 1 amide bonds. The van der Waals surface area contributed by atoms with Crippen LogP contribution >= 0.6 is 36.2 Å². The summed E-state index contributed by atoms with van der Waals surface area (Å²) >= 11 is 1.56. The number of aryl methyl sites for hydroxylation is 1. The van der Waals surface area contributed by atoms with E-state index in [1.807, 2.05) is 36.8 Å². The average molecular weight is 365 g/mol. The van der Waals surface area contributed by atoms with E-state index in [0.717, 1.165) is 29.6 Å². The van der Waals surface area contributed by atoms with Gasteiger partial charge in [0.25, 0.3) is 5.91 Å². The highest BCUT2D eigenvalue weighted by molar-refractivity contribution is 7.12. The number of nitrogens with one attached hydrogen (secondary N) is 2. The van der Waals surface area contributed by atoms with Crippen molar-refractivity contribution in [3.63, 3.8) is 0 Å². The van der Waals surface area contributed by atoms with Crippen LogP contribution in [-0.4, -0.2) is 35.1 Å². The number of carbonyl (C=O) groups is 1. The lowest BCUT2D eigenvalue weighted by atomic mass is 10.2. The Balaban J connectivity index is 0.00000220. The van der Waals surface area contributed by atoms with Crippen molar-refractivity contribution in [2.45, 2.75) is 20.8 Å². The van der Waals surface area contributed by atoms with Crippen LogP contribution in [0.25, 0.3) is 5.13 Å². The zero-order valence-corrected chi connectivity index (χ0v) is 15.3. The topological polar surface area (TPSA) is 58.9 Å². The largest absolute Gasteiger partial charge is 0.351 e. The van der Waals surface area contributed by atoms with Gasteiger partial charge in [-0.05, 0) is 26.5 Å². The number of rotatable bonds is 6. The fourth-order valence-electron chi connectivity index (χ4n) is 2.15. The molecule has 2 aromatic heterocycles. The van der Waals surface area contributed by atoms with Crippen LogP contribution < -0.4 is 10.6 Å². The second-order valence-electron chi connectivity index (χ2n) is 4.54. The maximum absolute atomic E-state index is 12.2. The molecule has 22 heavy (non-hydrogen) atoms. The lowest BCUT2D eigenvalue weighted by Gasteiger charge is -2.07. The smallest absolute Gasteiger partial charge is 0.253 e. The highest BCUT2D eigenvalue weighted by Gasteiger charge is 2.17. The van der Waals surface area contributed by atoms with E-state index in [1.54, 1.807) is 17.5 Å². The first-order chi connectivity index (χ1) is 9.65. The van der Waals surface area contributed by atoms with Crippen molar-refractivity contribution in [3.8, 4) is 5.13 Å². The van der Waals surface area contributed by atoms with Gasteiger partial charge in [-0.1, -0.05) is 6.92 Å². The quantitative estimate of drug-likeness (QED) is 0.774. The molecule has 0 saturated carbocycles. The normalized spacial score (nSPS) is 9.77. The maximum Gasteiger partial charge on any atom is 0.253 e. The molecule has 0 unspecified atom stereocenters. The number of hydrogen-bond acceptors (Lipinski definition) is 4. The Morgan fingerprint density at radius 1 is 1.32 bits per heavy atom. The predicted molar refractivity (Wildman–Crippen MR) is 96.3 cm³/mol. The van der Waals surface area contributed by atoms with Crippen molar-refractivity contribution in [1.82, 2.24) is 20.2 Å². The summed E-state index contributed by atoms with van der Waals surface area (Å²) in [5.74, 6) is -0.0289. The number of thiazole rings is 1. The minimum Gasteiger partial charge on any atom is -0.351 e. The van der Waals surface area contributed by atoms with E-state index < -0.39 is 0 Å². The van der Waals surface area contributed by atoms with Crippen molar-refractivity contribution >= 4 is 42.1 Å². The molecule has 0 aliphatic rings. The van der Waals surface area contributed by atoms with E-state index in [1.165, 1.54) is 0 Å². The van der Waals surface area contributed by atoms with Gasteiger partial charge in [-0.3, -0.25) is 9.36 Å². The number of aromatic nitrogens is 2. The monoisotopic (exact) mass is 364 g/mol. The van der Waals surface area contributed by atoms with Gasteiger partial charge in [-0.25, -0.2) is 4.98 Å². The molecule has 8 heteroatoms. The molecule has 0 saturated heterocycles. The Labute approximate surface area is 147 Å². The molecule has 0 aliphatic carbocycles. The van der Waals surface area contributed by atoms with Crippen LogP contribution in [0.5, 0.6) is 0 Å². The maximum atomic E-state index is 12.2. The minimum atomic E-state index is -0.0289. The zero-order valence-electron chi connectivity index (χ0n) is 12.9. The second-order valence-corrected chi connectivity index (χ2v) is 5.42. The van der Waals surface area contributed by atoms with Crippen LogP contribution in [0.1, 0.15) is 28.7 Å². The molecule has 0 aromatic carbocycles. The van der Waals surface area contributed by atoms with E-state index in [9.17, 15) is 4.79 Å². The standard InChI is InChI=1S/C14H20N4OS.2ClH/c1-4-15-5-6-16-13(19)12-9-10(2)18(11(12)3)14-17-7-8-20-14;;/h7-9,15H,4-6H2,1-3H3,(H,16,19);2*1H. The number of likely N-dealkylation sites (N-methyl/N-ethyl adjacent to an activating group) is 1. The third-order valence-electron chi connectivity index (χ3n) is 3.12. The van der Waals surface area contributed by atoms with Crippen LogP contribution in [0.3, 0.4) is 0 Å². The number of halogens is 2. The van der Waals surface area contributed by atoms with Gasteiger partial charge >= 0.3 is 0 Å². The minimum absolute atomic E-state index is 0. The van der Waals surface area contributed by atoms with Gasteiger partial charge in [-0.15, -0.1) is 36.2 Å². The molecule has 2 heterocycles. The van der Waals surface area contributed by atoms with E-state index in [4.69, 9.17) is 0 Å². The molecule has 5 nitrogen and oxygen atoms in total. The zero-order chi connectivity index (χ0) is 14.5. The molecular formula is C14H22Cl2N4OS. The average Bonchev–Trinajstić information content (AvgIpc) is 3.03. The SMILES string of the molecule is CCNCCNC(=O)c1cc(C)n(-c2nccs2)c1C.Cl.Cl. The van der Waals surface area contributed by atoms with Gasteiger partial charge < -0.3 is 10.6 Å². The van der Waals surface area contributed by atoms with Crippen molar-refractivity contribution in [2.75, 3.05) is 19.6 Å². The summed E-state index contributed by atoms with van der Waals surface area (Å²) in [6, 6.07) is 1.92. The first-order valence-corrected chi connectivity index (χ1v) is 7.60. The molecule has 2 aromatic rings. The lowest BCUT2D eigenvalue weighted by molar-refractivity contribution is 0.0953. The van der Waals surface area contributed by atoms with E-state index in [0.29, 0.717) is 12.1 Å². The molecule has 2 rings (SSSR count). The molecule has 0 fully saturated rings. The van der Waals surface area contributed by atoms with Crippen molar-refractivity contribution in [3.05, 3.63) is 34.6 Å². The Kier molecular flexibility index (Phi) is 9.36. The van der Waals surface area contributed by atoms with Gasteiger partial charge in [0.05, 0.1) is 5.56 Å². The van der Waals surface area contributed by atoms with Crippen LogP contribution in [-0.2, 0) is 0 Å². The van der Waals surface area contributed by atoms with Crippen molar-refractivity contribution in [1.29, 1.82) is 0 Å². The van der Waals surface area contributed by atoms with Crippen LogP contribution in [0.4, 0.5) is 0 Å². The van der Waals surface area contributed by atoms with Crippen LogP contribution in [0.15, 0.2) is 17.6 Å². The van der Waals surface area contributed by atoms with Crippen molar-refractivity contribution < 1.29 is 4.79 Å². The second kappa shape index (κ2) is 9.84. The Morgan fingerprint density at radius 3 is 2.64 bits per heavy atom.